The lowest BCUT2D eigenvalue weighted by molar-refractivity contribution is 0.103. The maximum atomic E-state index is 12.3. The fourth-order valence-corrected chi connectivity index (χ4v) is 3.64. The van der Waals surface area contributed by atoms with Crippen molar-refractivity contribution in [3.8, 4) is 0 Å². The van der Waals surface area contributed by atoms with E-state index in [4.69, 9.17) is 0 Å². The van der Waals surface area contributed by atoms with Crippen LogP contribution in [0.2, 0.25) is 0 Å². The van der Waals surface area contributed by atoms with Crippen LogP contribution in [0.1, 0.15) is 26.6 Å². The van der Waals surface area contributed by atoms with Crippen LogP contribution in [0.3, 0.4) is 0 Å². The molecule has 0 saturated heterocycles. The van der Waals surface area contributed by atoms with Gasteiger partial charge in [-0.1, -0.05) is 17.7 Å². The fraction of sp³-hybridized carbons (Fsp3) is 0.130. The Kier molecular flexibility index (Phi) is 5.90. The summed E-state index contributed by atoms with van der Waals surface area (Å²) in [7, 11) is 0. The number of thiazole rings is 1. The Morgan fingerprint density at radius 3 is 2.16 bits per heavy atom. The summed E-state index contributed by atoms with van der Waals surface area (Å²) in [5.74, 6) is 1.05. The number of anilines is 5. The van der Waals surface area contributed by atoms with Gasteiger partial charge in [0.2, 0.25) is 5.95 Å². The molecule has 31 heavy (non-hydrogen) atoms. The minimum atomic E-state index is -0.158. The number of hydrogen-bond acceptors (Lipinski definition) is 7. The number of hydrogen-bond donors (Lipinski definition) is 3. The normalized spacial score (nSPS) is 10.5. The van der Waals surface area contributed by atoms with E-state index in [9.17, 15) is 4.79 Å². The predicted molar refractivity (Wildman–Crippen MR) is 126 cm³/mol. The van der Waals surface area contributed by atoms with E-state index >= 15 is 0 Å². The molecule has 4 rings (SSSR count). The van der Waals surface area contributed by atoms with Crippen LogP contribution in [-0.4, -0.2) is 20.9 Å². The summed E-state index contributed by atoms with van der Waals surface area (Å²) in [6.45, 7) is 5.80. The zero-order chi connectivity index (χ0) is 21.8. The second-order valence-electron chi connectivity index (χ2n) is 7.13. The van der Waals surface area contributed by atoms with Crippen LogP contribution in [-0.2, 0) is 0 Å². The van der Waals surface area contributed by atoms with Gasteiger partial charge in [0, 0.05) is 28.8 Å². The van der Waals surface area contributed by atoms with Crippen molar-refractivity contribution in [3.05, 3.63) is 81.9 Å². The maximum Gasteiger partial charge on any atom is 0.267 e. The minimum Gasteiger partial charge on any atom is -0.340 e. The highest BCUT2D eigenvalue weighted by Crippen LogP contribution is 2.22. The molecule has 0 aliphatic carbocycles. The van der Waals surface area contributed by atoms with E-state index in [0.29, 0.717) is 22.3 Å². The van der Waals surface area contributed by atoms with Gasteiger partial charge >= 0.3 is 0 Å². The molecule has 0 atom stereocenters. The third-order valence-corrected chi connectivity index (χ3v) is 5.46. The highest BCUT2D eigenvalue weighted by atomic mass is 32.1. The lowest BCUT2D eigenvalue weighted by Crippen LogP contribution is -2.11. The number of aryl methyl sites for hydroxylation is 3. The molecule has 7 nitrogen and oxygen atoms in total. The third kappa shape index (κ3) is 5.23. The van der Waals surface area contributed by atoms with Crippen molar-refractivity contribution in [1.82, 2.24) is 15.0 Å². The second-order valence-corrected chi connectivity index (χ2v) is 7.99. The number of aromatic nitrogens is 3. The SMILES string of the molecule is Cc1ccc(Nc2cc(C)nc(Nc3ccc(NC(=O)c4scnc4C)cc3)n2)cc1. The van der Waals surface area contributed by atoms with E-state index in [1.807, 2.05) is 68.4 Å². The summed E-state index contributed by atoms with van der Waals surface area (Å²) in [6, 6.07) is 17.4. The summed E-state index contributed by atoms with van der Waals surface area (Å²) in [5.41, 5.74) is 6.93. The first kappa shape index (κ1) is 20.5. The number of carbonyl (C=O) groups excluding carboxylic acids is 1. The van der Waals surface area contributed by atoms with Gasteiger partial charge in [0.05, 0.1) is 11.2 Å². The number of amides is 1. The van der Waals surface area contributed by atoms with Crippen LogP contribution in [0.5, 0.6) is 0 Å². The number of nitrogens with zero attached hydrogens (tertiary/aromatic N) is 3. The first-order valence-corrected chi connectivity index (χ1v) is 10.6. The molecular weight excluding hydrogens is 408 g/mol. The number of rotatable bonds is 6. The molecule has 8 heteroatoms. The summed E-state index contributed by atoms with van der Waals surface area (Å²) in [5, 5.41) is 9.41. The highest BCUT2D eigenvalue weighted by Gasteiger charge is 2.12. The van der Waals surface area contributed by atoms with Crippen molar-refractivity contribution in [3.63, 3.8) is 0 Å². The van der Waals surface area contributed by atoms with Crippen molar-refractivity contribution in [2.24, 2.45) is 0 Å². The Morgan fingerprint density at radius 1 is 0.839 bits per heavy atom. The number of nitrogens with one attached hydrogen (secondary N) is 3. The van der Waals surface area contributed by atoms with Crippen LogP contribution in [0.25, 0.3) is 0 Å². The molecule has 0 unspecified atom stereocenters. The monoisotopic (exact) mass is 430 g/mol. The van der Waals surface area contributed by atoms with Crippen molar-refractivity contribution >= 4 is 46.1 Å². The Balaban J connectivity index is 1.44. The molecule has 0 aliphatic heterocycles. The van der Waals surface area contributed by atoms with Crippen molar-refractivity contribution in [1.29, 1.82) is 0 Å². The first-order chi connectivity index (χ1) is 15.0. The molecule has 0 radical (unpaired) electrons. The Labute approximate surface area is 184 Å². The smallest absolute Gasteiger partial charge is 0.267 e. The van der Waals surface area contributed by atoms with Gasteiger partial charge in [-0.15, -0.1) is 11.3 Å². The van der Waals surface area contributed by atoms with Crippen LogP contribution in [0.15, 0.2) is 60.1 Å². The van der Waals surface area contributed by atoms with Crippen LogP contribution in [0.4, 0.5) is 28.8 Å². The Hall–Kier alpha value is -3.78. The minimum absolute atomic E-state index is 0.158. The summed E-state index contributed by atoms with van der Waals surface area (Å²) in [4.78, 5) is 26.1. The van der Waals surface area contributed by atoms with Crippen molar-refractivity contribution < 1.29 is 4.79 Å². The Morgan fingerprint density at radius 2 is 1.48 bits per heavy atom. The standard InChI is InChI=1S/C23H22N6OS/c1-14-4-6-17(7-5-14)26-20-12-15(2)25-23(29-20)28-19-10-8-18(9-11-19)27-22(30)21-16(3)24-13-31-21/h4-13H,1-3H3,(H,27,30)(H2,25,26,28,29). The average Bonchev–Trinajstić information content (AvgIpc) is 3.17. The summed E-state index contributed by atoms with van der Waals surface area (Å²) < 4.78 is 0. The fourth-order valence-electron chi connectivity index (χ4n) is 2.95. The molecule has 3 N–H and O–H groups in total. The average molecular weight is 431 g/mol. The highest BCUT2D eigenvalue weighted by molar-refractivity contribution is 7.12. The van der Waals surface area contributed by atoms with E-state index in [-0.39, 0.29) is 5.91 Å². The van der Waals surface area contributed by atoms with Crippen molar-refractivity contribution in [2.45, 2.75) is 20.8 Å². The number of carbonyl (C=O) groups is 1. The largest absolute Gasteiger partial charge is 0.340 e. The summed E-state index contributed by atoms with van der Waals surface area (Å²) >= 11 is 1.33. The number of benzene rings is 2. The van der Waals surface area contributed by atoms with Gasteiger partial charge in [-0.3, -0.25) is 4.79 Å². The third-order valence-electron chi connectivity index (χ3n) is 4.53. The molecule has 2 aromatic heterocycles. The lowest BCUT2D eigenvalue weighted by atomic mass is 10.2. The molecule has 0 fully saturated rings. The van der Waals surface area contributed by atoms with Gasteiger partial charge in [0.25, 0.3) is 5.91 Å². The molecule has 156 valence electrons. The molecule has 1 amide bonds. The van der Waals surface area contributed by atoms with Gasteiger partial charge in [0.15, 0.2) is 0 Å². The van der Waals surface area contributed by atoms with Gasteiger partial charge in [-0.2, -0.15) is 4.98 Å². The van der Waals surface area contributed by atoms with Gasteiger partial charge in [0.1, 0.15) is 10.7 Å². The van der Waals surface area contributed by atoms with E-state index < -0.39 is 0 Å². The first-order valence-electron chi connectivity index (χ1n) is 9.74. The second kappa shape index (κ2) is 8.93. The van der Waals surface area contributed by atoms with Crippen LogP contribution < -0.4 is 16.0 Å². The molecule has 4 aromatic rings. The summed E-state index contributed by atoms with van der Waals surface area (Å²) in [6.07, 6.45) is 0. The predicted octanol–water partition coefficient (Wildman–Crippen LogP) is 5.60. The molecule has 0 spiro atoms. The molecule has 0 bridgehead atoms. The molecule has 0 aliphatic rings. The van der Waals surface area contributed by atoms with E-state index in [2.05, 4.69) is 37.8 Å². The van der Waals surface area contributed by atoms with Crippen molar-refractivity contribution in [2.75, 3.05) is 16.0 Å². The molecule has 2 heterocycles. The molecular formula is C23H22N6OS. The zero-order valence-electron chi connectivity index (χ0n) is 17.4. The van der Waals surface area contributed by atoms with E-state index in [0.717, 1.165) is 22.8 Å². The quantitative estimate of drug-likeness (QED) is 0.369. The van der Waals surface area contributed by atoms with Crippen LogP contribution >= 0.6 is 11.3 Å². The lowest BCUT2D eigenvalue weighted by Gasteiger charge is -2.11. The zero-order valence-corrected chi connectivity index (χ0v) is 18.2. The Bertz CT molecular complexity index is 1200. The van der Waals surface area contributed by atoms with Gasteiger partial charge in [-0.25, -0.2) is 9.97 Å². The van der Waals surface area contributed by atoms with Crippen LogP contribution in [0, 0.1) is 20.8 Å². The van der Waals surface area contributed by atoms with Gasteiger partial charge in [-0.05, 0) is 57.2 Å². The maximum absolute atomic E-state index is 12.3. The molecule has 0 saturated carbocycles. The van der Waals surface area contributed by atoms with E-state index in [1.54, 1.807) is 5.51 Å². The van der Waals surface area contributed by atoms with Gasteiger partial charge < -0.3 is 16.0 Å². The topological polar surface area (TPSA) is 91.8 Å². The van der Waals surface area contributed by atoms with E-state index in [1.165, 1.54) is 16.9 Å². The molecule has 2 aromatic carbocycles.